The maximum Gasteiger partial charge on any atom is 0.184 e. The number of benzene rings is 1. The molecule has 2 rings (SSSR count). The number of ether oxygens (including phenoxy) is 2. The van der Waals surface area contributed by atoms with Crippen LogP contribution in [0.5, 0.6) is 11.5 Å². The summed E-state index contributed by atoms with van der Waals surface area (Å²) in [6, 6.07) is 8.78. The van der Waals surface area contributed by atoms with Crippen molar-refractivity contribution in [2.75, 3.05) is 14.2 Å². The summed E-state index contributed by atoms with van der Waals surface area (Å²) in [7, 11) is 3.14. The number of nitrogens with zero attached hydrogens (tertiary/aromatic N) is 2. The van der Waals surface area contributed by atoms with E-state index < -0.39 is 0 Å². The molecule has 0 radical (unpaired) electrons. The van der Waals surface area contributed by atoms with Gasteiger partial charge in [0.1, 0.15) is 17.6 Å². The normalized spacial score (nSPS) is 9.71. The summed E-state index contributed by atoms with van der Waals surface area (Å²) in [6.07, 6.45) is 0. The minimum atomic E-state index is 0.234. The molecule has 1 heterocycles. The molecule has 0 unspecified atom stereocenters. The summed E-state index contributed by atoms with van der Waals surface area (Å²) in [5.41, 5.74) is 0.958. The Balaban J connectivity index is 2.48. The zero-order valence-corrected chi connectivity index (χ0v) is 9.43. The highest BCUT2D eigenvalue weighted by atomic mass is 16.5. The molecular formula is C12H10N2O3. The van der Waals surface area contributed by atoms with Crippen molar-refractivity contribution in [2.24, 2.45) is 0 Å². The first kappa shape index (κ1) is 11.0. The molecule has 0 aliphatic carbocycles. The summed E-state index contributed by atoms with van der Waals surface area (Å²) in [5.74, 6) is 1.77. The fourth-order valence-corrected chi connectivity index (χ4v) is 1.46. The number of methoxy groups -OCH3 is 2. The Morgan fingerprint density at radius 3 is 2.65 bits per heavy atom. The summed E-state index contributed by atoms with van der Waals surface area (Å²) in [4.78, 5) is 0. The molecule has 86 valence electrons. The van der Waals surface area contributed by atoms with E-state index >= 15 is 0 Å². The van der Waals surface area contributed by atoms with Gasteiger partial charge in [0.05, 0.1) is 19.8 Å². The molecule has 2 aromatic rings. The van der Waals surface area contributed by atoms with Gasteiger partial charge in [-0.15, -0.1) is 0 Å². The second-order valence-electron chi connectivity index (χ2n) is 3.25. The molecule has 0 saturated carbocycles. The van der Waals surface area contributed by atoms with Gasteiger partial charge >= 0.3 is 0 Å². The molecule has 0 saturated heterocycles. The maximum absolute atomic E-state index is 8.68. The van der Waals surface area contributed by atoms with Gasteiger partial charge in [-0.25, -0.2) is 0 Å². The molecular weight excluding hydrogens is 220 g/mol. The zero-order valence-electron chi connectivity index (χ0n) is 9.43. The average molecular weight is 230 g/mol. The molecule has 5 heteroatoms. The van der Waals surface area contributed by atoms with Crippen molar-refractivity contribution in [3.8, 4) is 28.9 Å². The first-order valence-electron chi connectivity index (χ1n) is 4.87. The Hall–Kier alpha value is -2.48. The van der Waals surface area contributed by atoms with E-state index in [1.165, 1.54) is 0 Å². The molecule has 0 amide bonds. The predicted molar refractivity (Wildman–Crippen MR) is 59.8 cm³/mol. The van der Waals surface area contributed by atoms with Crippen LogP contribution in [0.4, 0.5) is 0 Å². The van der Waals surface area contributed by atoms with Crippen molar-refractivity contribution < 1.29 is 14.0 Å². The van der Waals surface area contributed by atoms with Crippen LogP contribution in [0.15, 0.2) is 28.8 Å². The molecule has 0 N–H and O–H groups in total. The zero-order chi connectivity index (χ0) is 12.3. The topological polar surface area (TPSA) is 68.3 Å². The van der Waals surface area contributed by atoms with Gasteiger partial charge in [0.2, 0.25) is 0 Å². The van der Waals surface area contributed by atoms with Gasteiger partial charge in [0, 0.05) is 12.1 Å². The predicted octanol–water partition coefficient (Wildman–Crippen LogP) is 2.23. The molecule has 0 bridgehead atoms. The molecule has 0 aliphatic rings. The van der Waals surface area contributed by atoms with E-state index in [0.717, 1.165) is 5.56 Å². The summed E-state index contributed by atoms with van der Waals surface area (Å²) < 4.78 is 15.4. The average Bonchev–Trinajstić information content (AvgIpc) is 2.86. The van der Waals surface area contributed by atoms with Gasteiger partial charge in [-0.05, 0) is 12.1 Å². The molecule has 1 aromatic carbocycles. The van der Waals surface area contributed by atoms with Crippen molar-refractivity contribution in [1.82, 2.24) is 5.16 Å². The van der Waals surface area contributed by atoms with Crippen LogP contribution in [0, 0.1) is 11.3 Å². The highest BCUT2D eigenvalue weighted by Gasteiger charge is 2.12. The van der Waals surface area contributed by atoms with Gasteiger partial charge in [-0.3, -0.25) is 0 Å². The Morgan fingerprint density at radius 2 is 2.06 bits per heavy atom. The molecule has 0 spiro atoms. The summed E-state index contributed by atoms with van der Waals surface area (Å²) in [5, 5.41) is 12.3. The lowest BCUT2D eigenvalue weighted by molar-refractivity contribution is 0.391. The van der Waals surface area contributed by atoms with Gasteiger partial charge < -0.3 is 14.0 Å². The number of rotatable bonds is 3. The Bertz CT molecular complexity index is 569. The number of hydrogen-bond donors (Lipinski definition) is 0. The number of aromatic nitrogens is 1. The fraction of sp³-hybridized carbons (Fsp3) is 0.167. The SMILES string of the molecule is COc1ccc(-c2cc(C#N)no2)c(OC)c1. The minimum absolute atomic E-state index is 0.234. The van der Waals surface area contributed by atoms with Crippen molar-refractivity contribution >= 4 is 0 Å². The van der Waals surface area contributed by atoms with Crippen molar-refractivity contribution in [3.05, 3.63) is 30.0 Å². The Morgan fingerprint density at radius 1 is 1.24 bits per heavy atom. The lowest BCUT2D eigenvalue weighted by Gasteiger charge is -2.07. The van der Waals surface area contributed by atoms with Crippen LogP contribution >= 0.6 is 0 Å². The van der Waals surface area contributed by atoms with E-state index in [1.54, 1.807) is 38.5 Å². The van der Waals surface area contributed by atoms with Crippen LogP contribution in [0.3, 0.4) is 0 Å². The van der Waals surface area contributed by atoms with E-state index in [1.807, 2.05) is 6.07 Å². The third kappa shape index (κ3) is 2.06. The second-order valence-corrected chi connectivity index (χ2v) is 3.25. The highest BCUT2D eigenvalue weighted by molar-refractivity contribution is 5.67. The lowest BCUT2D eigenvalue weighted by Crippen LogP contribution is -1.89. The van der Waals surface area contributed by atoms with Crippen molar-refractivity contribution in [3.63, 3.8) is 0 Å². The molecule has 0 aliphatic heterocycles. The van der Waals surface area contributed by atoms with Crippen LogP contribution in [0.1, 0.15) is 5.69 Å². The molecule has 17 heavy (non-hydrogen) atoms. The monoisotopic (exact) mass is 230 g/mol. The molecule has 0 atom stereocenters. The first-order valence-corrected chi connectivity index (χ1v) is 4.87. The van der Waals surface area contributed by atoms with E-state index in [2.05, 4.69) is 5.16 Å². The van der Waals surface area contributed by atoms with Gasteiger partial charge in [-0.2, -0.15) is 5.26 Å². The standard InChI is InChI=1S/C12H10N2O3/c1-15-9-3-4-10(11(6-9)16-2)12-5-8(7-13)14-17-12/h3-6H,1-2H3. The lowest BCUT2D eigenvalue weighted by atomic mass is 10.1. The van der Waals surface area contributed by atoms with Crippen LogP contribution in [-0.2, 0) is 0 Å². The van der Waals surface area contributed by atoms with Crippen molar-refractivity contribution in [1.29, 1.82) is 5.26 Å². The summed E-state index contributed by atoms with van der Waals surface area (Å²) in [6.45, 7) is 0. The quantitative estimate of drug-likeness (QED) is 0.808. The van der Waals surface area contributed by atoms with Gasteiger partial charge in [0.25, 0.3) is 0 Å². The smallest absolute Gasteiger partial charge is 0.184 e. The Labute approximate surface area is 98.2 Å². The molecule has 5 nitrogen and oxygen atoms in total. The van der Waals surface area contributed by atoms with Crippen LogP contribution in [0.25, 0.3) is 11.3 Å². The minimum Gasteiger partial charge on any atom is -0.497 e. The number of hydrogen-bond acceptors (Lipinski definition) is 5. The largest absolute Gasteiger partial charge is 0.497 e. The van der Waals surface area contributed by atoms with Crippen LogP contribution in [-0.4, -0.2) is 19.4 Å². The van der Waals surface area contributed by atoms with E-state index in [4.69, 9.17) is 19.3 Å². The van der Waals surface area contributed by atoms with Crippen LogP contribution < -0.4 is 9.47 Å². The fourth-order valence-electron chi connectivity index (χ4n) is 1.46. The number of nitriles is 1. The van der Waals surface area contributed by atoms with Crippen LogP contribution in [0.2, 0.25) is 0 Å². The van der Waals surface area contributed by atoms with Gasteiger partial charge in [0.15, 0.2) is 11.5 Å². The maximum atomic E-state index is 8.68. The highest BCUT2D eigenvalue weighted by Crippen LogP contribution is 2.33. The Kier molecular flexibility index (Phi) is 2.97. The first-order chi connectivity index (χ1) is 8.28. The molecule has 1 aromatic heterocycles. The molecule has 0 fully saturated rings. The van der Waals surface area contributed by atoms with E-state index in [0.29, 0.717) is 17.3 Å². The van der Waals surface area contributed by atoms with Crippen molar-refractivity contribution in [2.45, 2.75) is 0 Å². The van der Waals surface area contributed by atoms with E-state index in [9.17, 15) is 0 Å². The second kappa shape index (κ2) is 4.58. The third-order valence-electron chi connectivity index (χ3n) is 2.30. The van der Waals surface area contributed by atoms with E-state index in [-0.39, 0.29) is 5.69 Å². The van der Waals surface area contributed by atoms with Gasteiger partial charge in [-0.1, -0.05) is 5.16 Å². The summed E-state index contributed by atoms with van der Waals surface area (Å²) >= 11 is 0. The third-order valence-corrected chi connectivity index (χ3v) is 2.30.